The number of rotatable bonds is 5. The van der Waals surface area contributed by atoms with E-state index in [-0.39, 0.29) is 0 Å². The van der Waals surface area contributed by atoms with Crippen molar-refractivity contribution >= 4 is 114 Å². The van der Waals surface area contributed by atoms with E-state index in [1.165, 1.54) is 109 Å². The maximum Gasteiger partial charge on any atom is 0.235 e. The SMILES string of the molecule is C=C1/C=C\C=C/Cc2cc(-c3cc(-c4ccc5c6ccccc6c6ccccc6c5c4)nc(-n4c5ccccc5c5cc(-c6ccc7c(c6)c6ccccc6n7-c6cccc7c8ccccc8c8ccccc8c67)ccc54)n3)ccc2-c2ccccc21. The van der Waals surface area contributed by atoms with Crippen molar-refractivity contribution in [3.63, 3.8) is 0 Å². The van der Waals surface area contributed by atoms with Gasteiger partial charge in [-0.25, -0.2) is 9.97 Å². The zero-order valence-corrected chi connectivity index (χ0v) is 47.4. The minimum absolute atomic E-state index is 0.611. The average molecular weight is 1110 g/mol. The second kappa shape index (κ2) is 19.3. The first-order valence-electron chi connectivity index (χ1n) is 30.0. The quantitative estimate of drug-likeness (QED) is 0.161. The lowest BCUT2D eigenvalue weighted by atomic mass is 9.89. The Morgan fingerprint density at radius 2 is 0.736 bits per heavy atom. The summed E-state index contributed by atoms with van der Waals surface area (Å²) in [6.07, 6.45) is 9.31. The molecule has 14 aromatic carbocycles. The molecule has 0 amide bonds. The summed E-state index contributed by atoms with van der Waals surface area (Å²) in [5, 5.41) is 19.6. The molecule has 0 saturated heterocycles. The highest BCUT2D eigenvalue weighted by molar-refractivity contribution is 6.29. The lowest BCUT2D eigenvalue weighted by Gasteiger charge is -2.17. The predicted molar refractivity (Wildman–Crippen MR) is 369 cm³/mol. The number of allylic oxidation sites excluding steroid dienone is 5. The molecule has 0 saturated carbocycles. The van der Waals surface area contributed by atoms with Crippen LogP contribution in [0.4, 0.5) is 0 Å². The van der Waals surface area contributed by atoms with Gasteiger partial charge in [0.05, 0.1) is 39.1 Å². The largest absolute Gasteiger partial charge is 0.309 e. The fourth-order valence-corrected chi connectivity index (χ4v) is 14.5. The van der Waals surface area contributed by atoms with Crippen molar-refractivity contribution in [2.24, 2.45) is 0 Å². The first-order valence-corrected chi connectivity index (χ1v) is 30.0. The van der Waals surface area contributed by atoms with Gasteiger partial charge >= 0.3 is 0 Å². The van der Waals surface area contributed by atoms with Gasteiger partial charge in [0.2, 0.25) is 5.95 Å². The van der Waals surface area contributed by atoms with Crippen LogP contribution in [0.25, 0.3) is 170 Å². The van der Waals surface area contributed by atoms with E-state index in [2.05, 4.69) is 307 Å². The molecule has 17 aromatic rings. The van der Waals surface area contributed by atoms with Crippen LogP contribution in [0.15, 0.2) is 298 Å². The van der Waals surface area contributed by atoms with Crippen molar-refractivity contribution in [1.29, 1.82) is 0 Å². The van der Waals surface area contributed by atoms with Crippen molar-refractivity contribution in [3.05, 3.63) is 309 Å². The first kappa shape index (κ1) is 49.0. The average Bonchev–Trinajstić information content (AvgIpc) is 2.15. The number of benzene rings is 14. The maximum atomic E-state index is 5.64. The monoisotopic (exact) mass is 1100 g/mol. The summed E-state index contributed by atoms with van der Waals surface area (Å²) in [5.74, 6) is 0.611. The molecule has 4 heteroatoms. The molecule has 0 spiro atoms. The molecule has 3 aromatic heterocycles. The van der Waals surface area contributed by atoms with Crippen LogP contribution < -0.4 is 0 Å². The number of para-hydroxylation sites is 2. The summed E-state index contributed by atoms with van der Waals surface area (Å²) in [4.78, 5) is 11.3. The van der Waals surface area contributed by atoms with Crippen LogP contribution in [0, 0.1) is 0 Å². The van der Waals surface area contributed by atoms with Crippen LogP contribution in [0.5, 0.6) is 0 Å². The van der Waals surface area contributed by atoms with Gasteiger partial charge in [0, 0.05) is 38.1 Å². The standard InChI is InChI=1S/C83H52N4/c1-51-20-3-2-4-21-54-46-55(38-42-58(54)59-23-6-5-22-57(51)59)75-50-76(56-39-43-67-62-26-8-7-24-60(62)61-25-10-12-30-66(61)72(67)49-56)85-83(84-75)87-78-36-18-16-32-69(78)74-48-53(41-45-80(74)87)52-40-44-79-73(47-52)68-31-15-17-35-77(68)86(79)81-37-19-34-71-65-28-11-9-27-63(65)64-29-13-14-33-70(64)82(71)81/h2-20,22-50H,1,21H2/b4-2-,20-3-. The summed E-state index contributed by atoms with van der Waals surface area (Å²) >= 11 is 0. The van der Waals surface area contributed by atoms with Crippen LogP contribution >= 0.6 is 0 Å². The van der Waals surface area contributed by atoms with E-state index in [4.69, 9.17) is 9.97 Å². The van der Waals surface area contributed by atoms with E-state index in [1.807, 2.05) is 0 Å². The molecule has 0 aliphatic heterocycles. The highest BCUT2D eigenvalue weighted by Crippen LogP contribution is 2.45. The van der Waals surface area contributed by atoms with Gasteiger partial charge in [-0.3, -0.25) is 4.57 Å². The molecule has 1 aliphatic carbocycles. The molecule has 18 rings (SSSR count). The van der Waals surface area contributed by atoms with Crippen molar-refractivity contribution in [3.8, 4) is 56.4 Å². The van der Waals surface area contributed by atoms with Crippen LogP contribution in [0.1, 0.15) is 11.1 Å². The van der Waals surface area contributed by atoms with Gasteiger partial charge in [-0.15, -0.1) is 0 Å². The minimum atomic E-state index is 0.611. The van der Waals surface area contributed by atoms with Crippen LogP contribution in [0.2, 0.25) is 0 Å². The third kappa shape index (κ3) is 7.58. The second-order valence-electron chi connectivity index (χ2n) is 23.2. The number of hydrogen-bond donors (Lipinski definition) is 0. The van der Waals surface area contributed by atoms with Crippen molar-refractivity contribution in [1.82, 2.24) is 19.1 Å². The highest BCUT2D eigenvalue weighted by Gasteiger charge is 2.23. The van der Waals surface area contributed by atoms with Gasteiger partial charge in [0.25, 0.3) is 0 Å². The maximum absolute atomic E-state index is 5.64. The Kier molecular flexibility index (Phi) is 10.9. The highest BCUT2D eigenvalue weighted by atomic mass is 15.2. The number of nitrogens with zero attached hydrogens (tertiary/aromatic N) is 4. The molecule has 3 heterocycles. The molecule has 1 aliphatic rings. The van der Waals surface area contributed by atoms with Crippen molar-refractivity contribution in [2.45, 2.75) is 6.42 Å². The van der Waals surface area contributed by atoms with E-state index in [1.54, 1.807) is 0 Å². The number of aromatic nitrogens is 4. The fraction of sp³-hybridized carbons (Fsp3) is 0.0120. The lowest BCUT2D eigenvalue weighted by molar-refractivity contribution is 0.995. The molecular formula is C83H52N4. The van der Waals surface area contributed by atoms with Gasteiger partial charge in [-0.2, -0.15) is 0 Å². The Bertz CT molecular complexity index is 5810. The zero-order valence-electron chi connectivity index (χ0n) is 47.4. The smallest absolute Gasteiger partial charge is 0.235 e. The predicted octanol–water partition coefficient (Wildman–Crippen LogP) is 21.9. The normalized spacial score (nSPS) is 13.4. The Labute approximate surface area is 501 Å². The van der Waals surface area contributed by atoms with Gasteiger partial charge in [0.15, 0.2) is 0 Å². The van der Waals surface area contributed by atoms with Gasteiger partial charge in [-0.05, 0) is 165 Å². The molecule has 4 nitrogen and oxygen atoms in total. The summed E-state index contributed by atoms with van der Waals surface area (Å²) in [5.41, 5.74) is 17.3. The van der Waals surface area contributed by atoms with E-state index in [9.17, 15) is 0 Å². The van der Waals surface area contributed by atoms with Crippen molar-refractivity contribution < 1.29 is 0 Å². The molecule has 0 fully saturated rings. The second-order valence-corrected chi connectivity index (χ2v) is 23.2. The molecule has 404 valence electrons. The van der Waals surface area contributed by atoms with E-state index < -0.39 is 0 Å². The third-order valence-corrected chi connectivity index (χ3v) is 18.5. The first-order chi connectivity index (χ1) is 43.1. The summed E-state index contributed by atoms with van der Waals surface area (Å²) < 4.78 is 4.76. The fourth-order valence-electron chi connectivity index (χ4n) is 14.5. The van der Waals surface area contributed by atoms with Gasteiger partial charge in [0.1, 0.15) is 0 Å². The Hall–Kier alpha value is -11.5. The van der Waals surface area contributed by atoms with Crippen LogP contribution in [-0.4, -0.2) is 19.1 Å². The Balaban J connectivity index is 0.823. The molecular weight excluding hydrogens is 1050 g/mol. The number of fused-ring (bicyclic) bond motifs is 21. The van der Waals surface area contributed by atoms with E-state index >= 15 is 0 Å². The van der Waals surface area contributed by atoms with Gasteiger partial charge < -0.3 is 4.57 Å². The van der Waals surface area contributed by atoms with Crippen LogP contribution in [0.3, 0.4) is 0 Å². The molecule has 87 heavy (non-hydrogen) atoms. The minimum Gasteiger partial charge on any atom is -0.309 e. The van der Waals surface area contributed by atoms with Crippen LogP contribution in [-0.2, 0) is 6.42 Å². The Morgan fingerprint density at radius 1 is 0.299 bits per heavy atom. The van der Waals surface area contributed by atoms with E-state index in [0.29, 0.717) is 5.95 Å². The van der Waals surface area contributed by atoms with Crippen molar-refractivity contribution in [2.75, 3.05) is 0 Å². The summed E-state index contributed by atoms with van der Waals surface area (Å²) in [6, 6.07) is 98.1. The molecule has 0 radical (unpaired) electrons. The molecule has 0 atom stereocenters. The topological polar surface area (TPSA) is 35.6 Å². The Morgan fingerprint density at radius 3 is 1.36 bits per heavy atom. The zero-order chi connectivity index (χ0) is 57.3. The molecule has 0 bridgehead atoms. The lowest BCUT2D eigenvalue weighted by Crippen LogP contribution is -2.04. The summed E-state index contributed by atoms with van der Waals surface area (Å²) in [6.45, 7) is 4.47. The molecule has 0 unspecified atom stereocenters. The molecule has 0 N–H and O–H groups in total. The number of hydrogen-bond acceptors (Lipinski definition) is 2. The third-order valence-electron chi connectivity index (χ3n) is 18.5. The summed E-state index contributed by atoms with van der Waals surface area (Å²) in [7, 11) is 0. The van der Waals surface area contributed by atoms with E-state index in [0.717, 1.165) is 73.0 Å². The van der Waals surface area contributed by atoms with Gasteiger partial charge in [-0.1, -0.05) is 237 Å².